The van der Waals surface area contributed by atoms with E-state index in [9.17, 15) is 0 Å². The monoisotopic (exact) mass is 288 g/mol. The molecule has 0 bridgehead atoms. The van der Waals surface area contributed by atoms with E-state index in [1.54, 1.807) is 0 Å². The first kappa shape index (κ1) is 16.5. The minimum atomic E-state index is 0.480. The Labute approximate surface area is 130 Å². The van der Waals surface area contributed by atoms with Crippen LogP contribution in [0.25, 0.3) is 0 Å². The fourth-order valence-electron chi connectivity index (χ4n) is 3.88. The molecule has 0 amide bonds. The van der Waals surface area contributed by atoms with Crippen LogP contribution in [0.2, 0.25) is 0 Å². The molecule has 21 heavy (non-hydrogen) atoms. The third kappa shape index (κ3) is 3.67. The van der Waals surface area contributed by atoms with Gasteiger partial charge in [-0.25, -0.2) is 0 Å². The fraction of sp³-hybridized carbons (Fsp3) is 0.684. The number of hydrogen-bond donors (Lipinski definition) is 1. The Kier molecular flexibility index (Phi) is 5.83. The SMILES string of the molecule is CCN(C(C)c1ccc(C(C)C)cc1)C1CCCC1CN. The summed E-state index contributed by atoms with van der Waals surface area (Å²) in [6.45, 7) is 11.1. The van der Waals surface area contributed by atoms with E-state index in [1.807, 2.05) is 0 Å². The molecule has 2 rings (SSSR count). The number of nitrogens with two attached hydrogens (primary N) is 1. The van der Waals surface area contributed by atoms with Gasteiger partial charge in [0.05, 0.1) is 0 Å². The Morgan fingerprint density at radius 1 is 1.10 bits per heavy atom. The summed E-state index contributed by atoms with van der Waals surface area (Å²) < 4.78 is 0. The number of benzene rings is 1. The van der Waals surface area contributed by atoms with E-state index in [0.29, 0.717) is 23.9 Å². The van der Waals surface area contributed by atoms with Crippen molar-refractivity contribution in [3.05, 3.63) is 35.4 Å². The van der Waals surface area contributed by atoms with Crippen LogP contribution in [0.1, 0.15) is 70.0 Å². The van der Waals surface area contributed by atoms with Gasteiger partial charge < -0.3 is 5.73 Å². The maximum atomic E-state index is 5.98. The van der Waals surface area contributed by atoms with Gasteiger partial charge in [-0.3, -0.25) is 4.90 Å². The molecule has 118 valence electrons. The molecule has 0 heterocycles. The Morgan fingerprint density at radius 3 is 2.24 bits per heavy atom. The zero-order valence-electron chi connectivity index (χ0n) is 14.2. The van der Waals surface area contributed by atoms with Crippen LogP contribution in [-0.2, 0) is 0 Å². The number of nitrogens with zero attached hydrogens (tertiary/aromatic N) is 1. The normalized spacial score (nSPS) is 24.0. The van der Waals surface area contributed by atoms with E-state index in [-0.39, 0.29) is 0 Å². The molecule has 1 aromatic rings. The summed E-state index contributed by atoms with van der Waals surface area (Å²) in [5.74, 6) is 1.29. The van der Waals surface area contributed by atoms with Crippen molar-refractivity contribution in [3.63, 3.8) is 0 Å². The molecule has 3 unspecified atom stereocenters. The highest BCUT2D eigenvalue weighted by molar-refractivity contribution is 5.26. The summed E-state index contributed by atoms with van der Waals surface area (Å²) in [6, 6.07) is 10.4. The lowest BCUT2D eigenvalue weighted by molar-refractivity contribution is 0.123. The molecule has 2 nitrogen and oxygen atoms in total. The van der Waals surface area contributed by atoms with E-state index in [0.717, 1.165) is 13.1 Å². The van der Waals surface area contributed by atoms with Crippen molar-refractivity contribution in [2.75, 3.05) is 13.1 Å². The second-order valence-corrected chi connectivity index (χ2v) is 6.82. The summed E-state index contributed by atoms with van der Waals surface area (Å²) in [5, 5.41) is 0. The Hall–Kier alpha value is -0.860. The molecule has 2 N–H and O–H groups in total. The number of hydrogen-bond acceptors (Lipinski definition) is 2. The van der Waals surface area contributed by atoms with E-state index in [2.05, 4.69) is 56.9 Å². The summed E-state index contributed by atoms with van der Waals surface area (Å²) in [6.07, 6.45) is 3.95. The third-order valence-electron chi connectivity index (χ3n) is 5.30. The number of rotatable bonds is 6. The summed E-state index contributed by atoms with van der Waals surface area (Å²) in [5.41, 5.74) is 8.84. The van der Waals surface area contributed by atoms with Gasteiger partial charge in [0.15, 0.2) is 0 Å². The van der Waals surface area contributed by atoms with Crippen molar-refractivity contribution in [1.82, 2.24) is 4.90 Å². The highest BCUT2D eigenvalue weighted by Gasteiger charge is 2.33. The summed E-state index contributed by atoms with van der Waals surface area (Å²) in [4.78, 5) is 2.66. The quantitative estimate of drug-likeness (QED) is 0.844. The molecule has 1 aliphatic rings. The van der Waals surface area contributed by atoms with Crippen LogP contribution in [0.4, 0.5) is 0 Å². The van der Waals surface area contributed by atoms with Gasteiger partial charge in [0.25, 0.3) is 0 Å². The molecule has 0 aliphatic heterocycles. The molecule has 0 radical (unpaired) electrons. The van der Waals surface area contributed by atoms with Crippen molar-refractivity contribution in [2.45, 2.75) is 65.0 Å². The van der Waals surface area contributed by atoms with Crippen LogP contribution in [0.3, 0.4) is 0 Å². The minimum absolute atomic E-state index is 0.480. The van der Waals surface area contributed by atoms with Crippen molar-refractivity contribution >= 4 is 0 Å². The van der Waals surface area contributed by atoms with Crippen LogP contribution >= 0.6 is 0 Å². The summed E-state index contributed by atoms with van der Waals surface area (Å²) in [7, 11) is 0. The van der Waals surface area contributed by atoms with Gasteiger partial charge in [-0.05, 0) is 55.8 Å². The van der Waals surface area contributed by atoms with E-state index in [1.165, 1.54) is 30.4 Å². The Morgan fingerprint density at radius 2 is 1.71 bits per heavy atom. The molecule has 0 saturated heterocycles. The minimum Gasteiger partial charge on any atom is -0.330 e. The van der Waals surface area contributed by atoms with Crippen molar-refractivity contribution in [1.29, 1.82) is 0 Å². The highest BCUT2D eigenvalue weighted by Crippen LogP contribution is 2.34. The molecule has 1 fully saturated rings. The predicted octanol–water partition coefficient (Wildman–Crippen LogP) is 4.32. The van der Waals surface area contributed by atoms with Crippen molar-refractivity contribution in [3.8, 4) is 0 Å². The lowest BCUT2D eigenvalue weighted by Crippen LogP contribution is -2.41. The fourth-order valence-corrected chi connectivity index (χ4v) is 3.88. The first-order valence-corrected chi connectivity index (χ1v) is 8.64. The van der Waals surface area contributed by atoms with Crippen molar-refractivity contribution < 1.29 is 0 Å². The molecule has 1 aliphatic carbocycles. The molecule has 0 aromatic heterocycles. The zero-order chi connectivity index (χ0) is 15.4. The van der Waals surface area contributed by atoms with Gasteiger partial charge in [-0.2, -0.15) is 0 Å². The third-order valence-corrected chi connectivity index (χ3v) is 5.30. The van der Waals surface area contributed by atoms with Crippen molar-refractivity contribution in [2.24, 2.45) is 11.7 Å². The maximum Gasteiger partial charge on any atom is 0.0322 e. The van der Waals surface area contributed by atoms with Gasteiger partial charge in [-0.15, -0.1) is 0 Å². The second-order valence-electron chi connectivity index (χ2n) is 6.82. The molecule has 2 heteroatoms. The maximum absolute atomic E-state index is 5.98. The second kappa shape index (κ2) is 7.42. The average molecular weight is 288 g/mol. The van der Waals surface area contributed by atoms with Crippen LogP contribution < -0.4 is 5.73 Å². The Balaban J connectivity index is 2.13. The molecule has 1 aromatic carbocycles. The molecule has 0 spiro atoms. The van der Waals surface area contributed by atoms with Crippen LogP contribution in [0, 0.1) is 5.92 Å². The van der Waals surface area contributed by atoms with Gasteiger partial charge in [0, 0.05) is 12.1 Å². The standard InChI is InChI=1S/C19H32N2/c1-5-21(19-8-6-7-18(19)13-20)15(4)17-11-9-16(10-12-17)14(2)3/h9-12,14-15,18-19H,5-8,13,20H2,1-4H3. The highest BCUT2D eigenvalue weighted by atomic mass is 15.2. The average Bonchev–Trinajstić information content (AvgIpc) is 2.96. The van der Waals surface area contributed by atoms with Gasteiger partial charge in [0.1, 0.15) is 0 Å². The zero-order valence-corrected chi connectivity index (χ0v) is 14.2. The first-order valence-electron chi connectivity index (χ1n) is 8.64. The lowest BCUT2D eigenvalue weighted by atomic mass is 9.96. The smallest absolute Gasteiger partial charge is 0.0322 e. The van der Waals surface area contributed by atoms with Crippen LogP contribution in [0.5, 0.6) is 0 Å². The molecule has 3 atom stereocenters. The molecule has 1 saturated carbocycles. The lowest BCUT2D eigenvalue weighted by Gasteiger charge is -2.37. The predicted molar refractivity (Wildman–Crippen MR) is 91.5 cm³/mol. The largest absolute Gasteiger partial charge is 0.330 e. The molecular formula is C19H32N2. The van der Waals surface area contributed by atoms with Gasteiger partial charge in [0.2, 0.25) is 0 Å². The van der Waals surface area contributed by atoms with Crippen LogP contribution in [0.15, 0.2) is 24.3 Å². The van der Waals surface area contributed by atoms with Crippen LogP contribution in [-0.4, -0.2) is 24.0 Å². The topological polar surface area (TPSA) is 29.3 Å². The summed E-state index contributed by atoms with van der Waals surface area (Å²) >= 11 is 0. The molecular weight excluding hydrogens is 256 g/mol. The van der Waals surface area contributed by atoms with Gasteiger partial charge in [-0.1, -0.05) is 51.5 Å². The van der Waals surface area contributed by atoms with E-state index < -0.39 is 0 Å². The van der Waals surface area contributed by atoms with E-state index in [4.69, 9.17) is 5.73 Å². The van der Waals surface area contributed by atoms with Gasteiger partial charge >= 0.3 is 0 Å². The Bertz CT molecular complexity index is 424. The first-order chi connectivity index (χ1) is 10.1. The van der Waals surface area contributed by atoms with E-state index >= 15 is 0 Å².